The van der Waals surface area contributed by atoms with Crippen LogP contribution < -0.4 is 10.6 Å². The van der Waals surface area contributed by atoms with E-state index < -0.39 is 0 Å². The lowest BCUT2D eigenvalue weighted by Crippen LogP contribution is -2.49. The predicted molar refractivity (Wildman–Crippen MR) is 146 cm³/mol. The molecule has 0 unspecified atom stereocenters. The van der Waals surface area contributed by atoms with Crippen molar-refractivity contribution in [1.29, 1.82) is 0 Å². The second-order valence-electron chi connectivity index (χ2n) is 12.2. The number of rotatable bonds is 8. The van der Waals surface area contributed by atoms with Crippen molar-refractivity contribution in [3.63, 3.8) is 0 Å². The summed E-state index contributed by atoms with van der Waals surface area (Å²) in [7, 11) is 0. The number of benzene rings is 1. The smallest absolute Gasteiger partial charge is 0.273 e. The van der Waals surface area contributed by atoms with Crippen molar-refractivity contribution in [2.24, 2.45) is 23.7 Å². The van der Waals surface area contributed by atoms with Gasteiger partial charge in [-0.05, 0) is 81.3 Å². The number of carbonyl (C=O) groups is 2. The first-order valence-corrected chi connectivity index (χ1v) is 14.2. The number of para-hydroxylation sites is 1. The summed E-state index contributed by atoms with van der Waals surface area (Å²) in [5.74, 6) is 2.01. The van der Waals surface area contributed by atoms with Crippen LogP contribution in [-0.4, -0.2) is 37.9 Å². The maximum absolute atomic E-state index is 14.0. The molecule has 8 nitrogen and oxygen atoms in total. The maximum atomic E-state index is 14.0. The lowest BCUT2D eigenvalue weighted by Gasteiger charge is -2.56. The summed E-state index contributed by atoms with van der Waals surface area (Å²) in [4.78, 5) is 26.9. The number of carbonyl (C=O) groups excluding carboxylic acids is 2. The highest BCUT2D eigenvalue weighted by molar-refractivity contribution is 6.08. The molecule has 0 aliphatic heterocycles. The van der Waals surface area contributed by atoms with E-state index in [0.29, 0.717) is 30.3 Å². The molecule has 4 aliphatic carbocycles. The number of anilines is 1. The Hall–Kier alpha value is -3.42. The fourth-order valence-electron chi connectivity index (χ4n) is 7.46. The Bertz CT molecular complexity index is 1300. The van der Waals surface area contributed by atoms with E-state index in [1.807, 2.05) is 62.0 Å². The minimum atomic E-state index is -0.275. The Morgan fingerprint density at radius 2 is 1.63 bits per heavy atom. The third-order valence-corrected chi connectivity index (χ3v) is 8.74. The molecule has 38 heavy (non-hydrogen) atoms. The largest absolute Gasteiger partial charge is 0.350 e. The van der Waals surface area contributed by atoms with Crippen LogP contribution >= 0.6 is 0 Å². The molecule has 2 N–H and O–H groups in total. The molecule has 0 atom stereocenters. The van der Waals surface area contributed by atoms with Crippen LogP contribution in [0.5, 0.6) is 0 Å². The second kappa shape index (κ2) is 9.71. The van der Waals surface area contributed by atoms with E-state index >= 15 is 0 Å². The summed E-state index contributed by atoms with van der Waals surface area (Å²) in [6.07, 6.45) is 10.9. The molecule has 2 aromatic heterocycles. The van der Waals surface area contributed by atoms with E-state index in [2.05, 4.69) is 15.7 Å². The van der Waals surface area contributed by atoms with Gasteiger partial charge in [0.15, 0.2) is 5.69 Å². The lowest BCUT2D eigenvalue weighted by atomic mass is 9.48. The minimum absolute atomic E-state index is 0.0491. The summed E-state index contributed by atoms with van der Waals surface area (Å²) in [5.41, 5.74) is 3.09. The third-order valence-electron chi connectivity index (χ3n) is 8.74. The van der Waals surface area contributed by atoms with Gasteiger partial charge in [-0.1, -0.05) is 32.0 Å². The van der Waals surface area contributed by atoms with Crippen molar-refractivity contribution in [3.8, 4) is 5.69 Å². The first-order chi connectivity index (χ1) is 18.3. The normalized spacial score (nSPS) is 25.6. The number of aryl methyl sites for hydroxylation is 1. The van der Waals surface area contributed by atoms with Crippen molar-refractivity contribution in [2.75, 3.05) is 11.9 Å². The van der Waals surface area contributed by atoms with Gasteiger partial charge >= 0.3 is 0 Å². The van der Waals surface area contributed by atoms with Crippen LogP contribution in [-0.2, 0) is 12.0 Å². The first-order valence-electron chi connectivity index (χ1n) is 14.2. The van der Waals surface area contributed by atoms with Gasteiger partial charge in [0.25, 0.3) is 11.8 Å². The van der Waals surface area contributed by atoms with Crippen LogP contribution in [0.1, 0.15) is 85.8 Å². The molecule has 0 spiro atoms. The highest BCUT2D eigenvalue weighted by atomic mass is 16.2. The molecule has 3 aromatic rings. The Morgan fingerprint density at radius 3 is 2.24 bits per heavy atom. The van der Waals surface area contributed by atoms with E-state index in [1.165, 1.54) is 19.3 Å². The molecule has 1 aromatic carbocycles. The zero-order valence-electron chi connectivity index (χ0n) is 22.6. The van der Waals surface area contributed by atoms with Crippen molar-refractivity contribution in [2.45, 2.75) is 71.3 Å². The van der Waals surface area contributed by atoms with Crippen LogP contribution in [0.15, 0.2) is 42.7 Å². The fourth-order valence-corrected chi connectivity index (χ4v) is 7.46. The molecule has 0 saturated heterocycles. The molecule has 2 heterocycles. The Kier molecular flexibility index (Phi) is 6.36. The number of hydrogen-bond donors (Lipinski definition) is 2. The Balaban J connectivity index is 1.36. The fraction of sp³-hybridized carbons (Fsp3) is 0.533. The van der Waals surface area contributed by atoms with Gasteiger partial charge in [0.05, 0.1) is 22.6 Å². The van der Waals surface area contributed by atoms with Crippen LogP contribution in [0, 0.1) is 23.7 Å². The Morgan fingerprint density at radius 1 is 0.974 bits per heavy atom. The van der Waals surface area contributed by atoms with Gasteiger partial charge in [-0.15, -0.1) is 0 Å². The van der Waals surface area contributed by atoms with E-state index in [1.54, 1.807) is 10.9 Å². The van der Waals surface area contributed by atoms with E-state index in [4.69, 9.17) is 5.10 Å². The summed E-state index contributed by atoms with van der Waals surface area (Å²) < 4.78 is 3.54. The highest BCUT2D eigenvalue weighted by Gasteiger charge is 2.54. The summed E-state index contributed by atoms with van der Waals surface area (Å²) in [6.45, 7) is 7.20. The number of hydrogen-bond acceptors (Lipinski definition) is 4. The van der Waals surface area contributed by atoms with Gasteiger partial charge in [0.1, 0.15) is 0 Å². The van der Waals surface area contributed by atoms with Crippen LogP contribution in [0.3, 0.4) is 0 Å². The molecule has 2 amide bonds. The number of amides is 2. The number of nitrogens with zero attached hydrogens (tertiary/aromatic N) is 4. The van der Waals surface area contributed by atoms with Crippen LogP contribution in [0.2, 0.25) is 0 Å². The maximum Gasteiger partial charge on any atom is 0.273 e. The van der Waals surface area contributed by atoms with E-state index in [0.717, 1.165) is 48.4 Å². The summed E-state index contributed by atoms with van der Waals surface area (Å²) in [5, 5.41) is 15.6. The first kappa shape index (κ1) is 24.9. The molecule has 8 heteroatoms. The topological polar surface area (TPSA) is 93.8 Å². The van der Waals surface area contributed by atoms with E-state index in [9.17, 15) is 9.59 Å². The average molecular weight is 515 g/mol. The number of aromatic nitrogens is 4. The third kappa shape index (κ3) is 4.54. The minimum Gasteiger partial charge on any atom is -0.350 e. The van der Waals surface area contributed by atoms with Gasteiger partial charge in [0.2, 0.25) is 0 Å². The molecular formula is C30H38N6O2. The van der Waals surface area contributed by atoms with Crippen molar-refractivity contribution in [1.82, 2.24) is 24.9 Å². The molecule has 4 saturated carbocycles. The molecule has 4 fully saturated rings. The predicted octanol–water partition coefficient (Wildman–Crippen LogP) is 5.19. The van der Waals surface area contributed by atoms with Gasteiger partial charge in [-0.3, -0.25) is 14.3 Å². The van der Waals surface area contributed by atoms with Crippen LogP contribution in [0.4, 0.5) is 5.69 Å². The highest BCUT2D eigenvalue weighted by Crippen LogP contribution is 2.61. The Labute approximate surface area is 224 Å². The molecular weight excluding hydrogens is 476 g/mol. The molecule has 0 radical (unpaired) electrons. The zero-order valence-corrected chi connectivity index (χ0v) is 22.6. The second-order valence-corrected chi connectivity index (χ2v) is 12.2. The average Bonchev–Trinajstić information content (AvgIpc) is 3.52. The monoisotopic (exact) mass is 514 g/mol. The quantitative estimate of drug-likeness (QED) is 0.432. The van der Waals surface area contributed by atoms with Crippen molar-refractivity contribution >= 4 is 17.5 Å². The van der Waals surface area contributed by atoms with Gasteiger partial charge in [-0.2, -0.15) is 10.2 Å². The van der Waals surface area contributed by atoms with Gasteiger partial charge in [0, 0.05) is 30.9 Å². The summed E-state index contributed by atoms with van der Waals surface area (Å²) in [6, 6.07) is 9.99. The lowest BCUT2D eigenvalue weighted by molar-refractivity contribution is -0.00765. The number of nitrogens with one attached hydrogen (secondary N) is 2. The van der Waals surface area contributed by atoms with Gasteiger partial charge in [-0.25, -0.2) is 4.68 Å². The van der Waals surface area contributed by atoms with Crippen molar-refractivity contribution in [3.05, 3.63) is 59.7 Å². The van der Waals surface area contributed by atoms with E-state index in [-0.39, 0.29) is 22.9 Å². The molecule has 4 bridgehead atoms. The standard InChI is InChI=1S/C30H38N6O2/c1-4-35-18-25(26(33-35)29(38)31-16-19(2)3)32-28(37)24-17-36(23-8-6-5-7-9-23)34-27(24)30-13-20-10-21(14-30)12-22(11-20)15-30/h5-9,17-22H,4,10-16H2,1-3H3,(H,31,38)(H,32,37). The molecule has 7 rings (SSSR count). The SMILES string of the molecule is CCn1cc(NC(=O)c2cn(-c3ccccc3)nc2C23CC4CC(CC(C4)C2)C3)c(C(=O)NCC(C)C)n1. The van der Waals surface area contributed by atoms with Crippen molar-refractivity contribution < 1.29 is 9.59 Å². The zero-order chi connectivity index (χ0) is 26.4. The van der Waals surface area contributed by atoms with Crippen LogP contribution in [0.25, 0.3) is 5.69 Å². The van der Waals surface area contributed by atoms with Gasteiger partial charge < -0.3 is 10.6 Å². The molecule has 200 valence electrons. The molecule has 4 aliphatic rings. The summed E-state index contributed by atoms with van der Waals surface area (Å²) >= 11 is 0.